The van der Waals surface area contributed by atoms with Crippen LogP contribution in [0.3, 0.4) is 0 Å². The molecule has 0 spiro atoms. The third-order valence-electron chi connectivity index (χ3n) is 3.83. The van der Waals surface area contributed by atoms with Crippen LogP contribution in [0.1, 0.15) is 25.3 Å². The minimum Gasteiger partial charge on any atom is -0.480 e. The fourth-order valence-corrected chi connectivity index (χ4v) is 2.67. The van der Waals surface area contributed by atoms with Crippen molar-refractivity contribution in [1.29, 1.82) is 0 Å². The standard InChI is InChI=1S/C17H22ClNO5/c1-12(24-11-15-3-2-8-23-15)17(22)19(10-16(20)21)9-13-4-6-14(18)7-5-13/h4-7,12,15H,2-3,8-11H2,1H3,(H,20,21). The zero-order chi connectivity index (χ0) is 17.5. The lowest BCUT2D eigenvalue weighted by atomic mass is 10.2. The highest BCUT2D eigenvalue weighted by atomic mass is 35.5. The number of nitrogens with zero attached hydrogens (tertiary/aromatic N) is 1. The summed E-state index contributed by atoms with van der Waals surface area (Å²) in [5, 5.41) is 9.65. The molecule has 1 amide bonds. The van der Waals surface area contributed by atoms with Gasteiger partial charge in [-0.3, -0.25) is 9.59 Å². The van der Waals surface area contributed by atoms with E-state index in [1.165, 1.54) is 4.90 Å². The van der Waals surface area contributed by atoms with Crippen LogP contribution in [0.5, 0.6) is 0 Å². The van der Waals surface area contributed by atoms with E-state index in [1.54, 1.807) is 31.2 Å². The number of rotatable bonds is 8. The van der Waals surface area contributed by atoms with Crippen molar-refractivity contribution in [2.75, 3.05) is 19.8 Å². The lowest BCUT2D eigenvalue weighted by Crippen LogP contribution is -2.42. The summed E-state index contributed by atoms with van der Waals surface area (Å²) in [5.74, 6) is -1.42. The molecule has 1 aliphatic rings. The fourth-order valence-electron chi connectivity index (χ4n) is 2.54. The normalized spacial score (nSPS) is 18.3. The first-order valence-corrected chi connectivity index (χ1v) is 8.31. The van der Waals surface area contributed by atoms with Gasteiger partial charge in [-0.25, -0.2) is 0 Å². The van der Waals surface area contributed by atoms with E-state index in [1.807, 2.05) is 0 Å². The minimum absolute atomic E-state index is 0.0180. The number of carboxylic acid groups (broad SMARTS) is 1. The minimum atomic E-state index is -1.07. The van der Waals surface area contributed by atoms with Gasteiger partial charge in [0.2, 0.25) is 0 Å². The van der Waals surface area contributed by atoms with Crippen molar-refractivity contribution in [1.82, 2.24) is 4.90 Å². The van der Waals surface area contributed by atoms with E-state index in [0.717, 1.165) is 25.0 Å². The lowest BCUT2D eigenvalue weighted by Gasteiger charge is -2.25. The summed E-state index contributed by atoms with van der Waals surface area (Å²) in [5.41, 5.74) is 0.806. The van der Waals surface area contributed by atoms with Crippen LogP contribution in [-0.4, -0.2) is 53.8 Å². The molecule has 2 unspecified atom stereocenters. The Morgan fingerprint density at radius 2 is 2.12 bits per heavy atom. The summed E-state index contributed by atoms with van der Waals surface area (Å²) in [6.45, 7) is 2.51. The van der Waals surface area contributed by atoms with Crippen LogP contribution in [-0.2, 0) is 25.6 Å². The van der Waals surface area contributed by atoms with Gasteiger partial charge in [-0.05, 0) is 37.5 Å². The number of benzene rings is 1. The van der Waals surface area contributed by atoms with Crippen molar-refractivity contribution in [3.05, 3.63) is 34.9 Å². The van der Waals surface area contributed by atoms with E-state index in [4.69, 9.17) is 26.2 Å². The average molecular weight is 356 g/mol. The number of halogens is 1. The van der Waals surface area contributed by atoms with Crippen molar-refractivity contribution in [2.24, 2.45) is 0 Å². The van der Waals surface area contributed by atoms with Gasteiger partial charge >= 0.3 is 5.97 Å². The molecule has 0 bridgehead atoms. The molecule has 0 aliphatic carbocycles. The van der Waals surface area contributed by atoms with Gasteiger partial charge in [0.15, 0.2) is 0 Å². The Bertz CT molecular complexity index is 557. The van der Waals surface area contributed by atoms with Crippen molar-refractivity contribution in [3.63, 3.8) is 0 Å². The van der Waals surface area contributed by atoms with E-state index in [9.17, 15) is 9.59 Å². The number of aliphatic carboxylic acids is 1. The Hall–Kier alpha value is -1.63. The molecule has 0 saturated carbocycles. The van der Waals surface area contributed by atoms with Crippen LogP contribution >= 0.6 is 11.6 Å². The predicted molar refractivity (Wildman–Crippen MR) is 88.9 cm³/mol. The monoisotopic (exact) mass is 355 g/mol. The van der Waals surface area contributed by atoms with Gasteiger partial charge in [-0.2, -0.15) is 0 Å². The van der Waals surface area contributed by atoms with Gasteiger partial charge in [-0.15, -0.1) is 0 Å². The Balaban J connectivity index is 1.95. The number of carboxylic acids is 1. The smallest absolute Gasteiger partial charge is 0.323 e. The van der Waals surface area contributed by atoms with E-state index in [-0.39, 0.29) is 25.1 Å². The quantitative estimate of drug-likeness (QED) is 0.774. The summed E-state index contributed by atoms with van der Waals surface area (Å²) < 4.78 is 11.0. The van der Waals surface area contributed by atoms with Gasteiger partial charge in [0.1, 0.15) is 12.6 Å². The highest BCUT2D eigenvalue weighted by Gasteiger charge is 2.25. The largest absolute Gasteiger partial charge is 0.480 e. The van der Waals surface area contributed by atoms with Crippen LogP contribution < -0.4 is 0 Å². The van der Waals surface area contributed by atoms with Crippen LogP contribution in [0.15, 0.2) is 24.3 Å². The molecule has 2 atom stereocenters. The molecule has 6 nitrogen and oxygen atoms in total. The molecule has 0 radical (unpaired) electrons. The number of carbonyl (C=O) groups excluding carboxylic acids is 1. The Morgan fingerprint density at radius 1 is 1.42 bits per heavy atom. The van der Waals surface area contributed by atoms with Crippen molar-refractivity contribution >= 4 is 23.5 Å². The number of carbonyl (C=O) groups is 2. The molecule has 1 aliphatic heterocycles. The molecule has 7 heteroatoms. The van der Waals surface area contributed by atoms with Gasteiger partial charge in [0, 0.05) is 18.2 Å². The molecule has 1 N–H and O–H groups in total. The number of ether oxygens (including phenoxy) is 2. The molecular weight excluding hydrogens is 334 g/mol. The lowest BCUT2D eigenvalue weighted by molar-refractivity contribution is -0.152. The predicted octanol–water partition coefficient (Wildman–Crippen LogP) is 2.34. The molecule has 1 heterocycles. The number of hydrogen-bond acceptors (Lipinski definition) is 4. The third kappa shape index (κ3) is 5.78. The molecular formula is C17H22ClNO5. The van der Waals surface area contributed by atoms with E-state index >= 15 is 0 Å². The maximum atomic E-state index is 12.5. The maximum absolute atomic E-state index is 12.5. The van der Waals surface area contributed by atoms with Gasteiger partial charge in [-0.1, -0.05) is 23.7 Å². The zero-order valence-electron chi connectivity index (χ0n) is 13.6. The highest BCUT2D eigenvalue weighted by Crippen LogP contribution is 2.15. The first-order valence-electron chi connectivity index (χ1n) is 7.94. The molecule has 1 fully saturated rings. The van der Waals surface area contributed by atoms with E-state index in [0.29, 0.717) is 11.6 Å². The first-order chi connectivity index (χ1) is 11.5. The molecule has 1 saturated heterocycles. The van der Waals surface area contributed by atoms with Crippen LogP contribution in [0.4, 0.5) is 0 Å². The zero-order valence-corrected chi connectivity index (χ0v) is 14.4. The molecule has 1 aromatic rings. The van der Waals surface area contributed by atoms with Crippen molar-refractivity contribution in [2.45, 2.75) is 38.5 Å². The summed E-state index contributed by atoms with van der Waals surface area (Å²) in [7, 11) is 0. The van der Waals surface area contributed by atoms with Crippen LogP contribution in [0, 0.1) is 0 Å². The number of hydrogen-bond donors (Lipinski definition) is 1. The van der Waals surface area contributed by atoms with Crippen LogP contribution in [0.2, 0.25) is 5.02 Å². The Labute approximate surface area is 146 Å². The van der Waals surface area contributed by atoms with Crippen LogP contribution in [0.25, 0.3) is 0 Å². The van der Waals surface area contributed by atoms with E-state index in [2.05, 4.69) is 0 Å². The first kappa shape index (κ1) is 18.7. The third-order valence-corrected chi connectivity index (χ3v) is 4.08. The summed E-state index contributed by atoms with van der Waals surface area (Å²) >= 11 is 5.84. The topological polar surface area (TPSA) is 76.1 Å². The highest BCUT2D eigenvalue weighted by molar-refractivity contribution is 6.30. The second-order valence-electron chi connectivity index (χ2n) is 5.83. The van der Waals surface area contributed by atoms with Gasteiger partial charge < -0.3 is 19.5 Å². The SMILES string of the molecule is CC(OCC1CCCO1)C(=O)N(CC(=O)O)Cc1ccc(Cl)cc1. The molecule has 1 aromatic carbocycles. The molecule has 132 valence electrons. The van der Waals surface area contributed by atoms with Gasteiger partial charge in [0.25, 0.3) is 5.91 Å². The second-order valence-corrected chi connectivity index (χ2v) is 6.26. The molecule has 24 heavy (non-hydrogen) atoms. The summed E-state index contributed by atoms with van der Waals surface area (Å²) in [4.78, 5) is 24.9. The Kier molecular flexibility index (Phi) is 7.02. The Morgan fingerprint density at radius 3 is 2.71 bits per heavy atom. The van der Waals surface area contributed by atoms with E-state index < -0.39 is 12.1 Å². The summed E-state index contributed by atoms with van der Waals surface area (Å²) in [6.07, 6.45) is 1.22. The summed E-state index contributed by atoms with van der Waals surface area (Å²) in [6, 6.07) is 6.94. The maximum Gasteiger partial charge on any atom is 0.323 e. The second kappa shape index (κ2) is 9.01. The molecule has 0 aromatic heterocycles. The number of amides is 1. The van der Waals surface area contributed by atoms with Crippen molar-refractivity contribution < 1.29 is 24.2 Å². The average Bonchev–Trinajstić information content (AvgIpc) is 3.06. The van der Waals surface area contributed by atoms with Gasteiger partial charge in [0.05, 0.1) is 12.7 Å². The van der Waals surface area contributed by atoms with Crippen molar-refractivity contribution in [3.8, 4) is 0 Å². The molecule has 2 rings (SSSR count). The fraction of sp³-hybridized carbons (Fsp3) is 0.529.